The monoisotopic (exact) mass is 401 g/mol. The zero-order valence-electron chi connectivity index (χ0n) is 16.5. The minimum atomic E-state index is -0.905. The minimum absolute atomic E-state index is 0.00349. The average Bonchev–Trinajstić information content (AvgIpc) is 2.68. The summed E-state index contributed by atoms with van der Waals surface area (Å²) in [5.74, 6) is -1.82. The highest BCUT2D eigenvalue weighted by atomic mass is 19.1. The van der Waals surface area contributed by atoms with Crippen LogP contribution in [0, 0.1) is 11.7 Å². The van der Waals surface area contributed by atoms with Gasteiger partial charge in [0.05, 0.1) is 18.4 Å². The Labute approximate surface area is 168 Å². The summed E-state index contributed by atoms with van der Waals surface area (Å²) < 4.78 is 19.1. The topological polar surface area (TPSA) is 100 Å². The Hall–Kier alpha value is -3.42. The predicted molar refractivity (Wildman–Crippen MR) is 108 cm³/mol. The van der Waals surface area contributed by atoms with Gasteiger partial charge in [-0.15, -0.1) is 0 Å². The van der Waals surface area contributed by atoms with Gasteiger partial charge in [-0.3, -0.25) is 9.59 Å². The lowest BCUT2D eigenvalue weighted by Gasteiger charge is -2.20. The van der Waals surface area contributed by atoms with E-state index in [1.54, 1.807) is 39.0 Å². The summed E-state index contributed by atoms with van der Waals surface area (Å²) in [4.78, 5) is 24.8. The molecule has 1 unspecified atom stereocenters. The number of phenols is 1. The molecule has 2 aromatic rings. The van der Waals surface area contributed by atoms with Crippen LogP contribution < -0.4 is 15.5 Å². The third-order valence-corrected chi connectivity index (χ3v) is 4.03. The Bertz CT molecular complexity index is 899. The molecule has 0 aromatic heterocycles. The number of hydrogen-bond donors (Lipinski definition) is 3. The van der Waals surface area contributed by atoms with E-state index in [4.69, 9.17) is 4.74 Å². The normalized spacial score (nSPS) is 12.0. The Balaban J connectivity index is 2.04. The van der Waals surface area contributed by atoms with Gasteiger partial charge in [0.2, 0.25) is 0 Å². The largest absolute Gasteiger partial charge is 0.504 e. The maximum atomic E-state index is 13.8. The quantitative estimate of drug-likeness (QED) is 0.468. The van der Waals surface area contributed by atoms with Gasteiger partial charge < -0.3 is 15.2 Å². The fourth-order valence-corrected chi connectivity index (χ4v) is 2.52. The van der Waals surface area contributed by atoms with E-state index >= 15 is 0 Å². The molecule has 0 bridgehead atoms. The molecule has 7 nitrogen and oxygen atoms in total. The van der Waals surface area contributed by atoms with Gasteiger partial charge in [0, 0.05) is 0 Å². The van der Waals surface area contributed by atoms with Crippen LogP contribution in [0.1, 0.15) is 36.7 Å². The standard InChI is InChI=1S/C21H24FN3O4/c1-4-29-18-11-14(9-10-17(18)26)12-23-25-21(28)19(13(2)3)24-20(27)15-7-5-6-8-16(15)22/h5-13,19,26H,4H2,1-3H3,(H,24,27)(H,25,28)/b23-12+. The van der Waals surface area contributed by atoms with Gasteiger partial charge in [-0.25, -0.2) is 9.82 Å². The molecule has 2 aromatic carbocycles. The van der Waals surface area contributed by atoms with Crippen molar-refractivity contribution in [1.82, 2.24) is 10.7 Å². The van der Waals surface area contributed by atoms with Crippen molar-refractivity contribution in [2.45, 2.75) is 26.8 Å². The number of hydrazone groups is 1. The summed E-state index contributed by atoms with van der Waals surface area (Å²) in [6.07, 6.45) is 1.38. The van der Waals surface area contributed by atoms with E-state index in [0.29, 0.717) is 17.9 Å². The molecule has 0 aliphatic heterocycles. The molecular weight excluding hydrogens is 377 g/mol. The van der Waals surface area contributed by atoms with Crippen LogP contribution in [-0.2, 0) is 4.79 Å². The number of amides is 2. The second kappa shape index (κ2) is 10.2. The molecule has 2 amide bonds. The highest BCUT2D eigenvalue weighted by molar-refractivity contribution is 5.98. The number of benzene rings is 2. The molecule has 29 heavy (non-hydrogen) atoms. The molecule has 0 spiro atoms. The van der Waals surface area contributed by atoms with Gasteiger partial charge in [-0.1, -0.05) is 26.0 Å². The van der Waals surface area contributed by atoms with E-state index < -0.39 is 23.7 Å². The van der Waals surface area contributed by atoms with Crippen LogP contribution in [0.3, 0.4) is 0 Å². The fraction of sp³-hybridized carbons (Fsp3) is 0.286. The number of phenolic OH excluding ortho intramolecular Hbond substituents is 1. The zero-order valence-corrected chi connectivity index (χ0v) is 16.5. The summed E-state index contributed by atoms with van der Waals surface area (Å²) in [6, 6.07) is 9.28. The van der Waals surface area contributed by atoms with Crippen molar-refractivity contribution >= 4 is 18.0 Å². The third-order valence-electron chi connectivity index (χ3n) is 4.03. The highest BCUT2D eigenvalue weighted by Gasteiger charge is 2.25. The first-order chi connectivity index (χ1) is 13.8. The molecule has 0 fully saturated rings. The lowest BCUT2D eigenvalue weighted by molar-refractivity contribution is -0.123. The number of halogens is 1. The van der Waals surface area contributed by atoms with Gasteiger partial charge in [0.1, 0.15) is 11.9 Å². The number of carbonyl (C=O) groups is 2. The van der Waals surface area contributed by atoms with E-state index in [0.717, 1.165) is 0 Å². The molecule has 0 aliphatic carbocycles. The first-order valence-electron chi connectivity index (χ1n) is 9.17. The van der Waals surface area contributed by atoms with Crippen molar-refractivity contribution < 1.29 is 23.8 Å². The van der Waals surface area contributed by atoms with E-state index in [1.807, 2.05) is 0 Å². The predicted octanol–water partition coefficient (Wildman–Crippen LogP) is 2.83. The van der Waals surface area contributed by atoms with Crippen molar-refractivity contribution in [3.63, 3.8) is 0 Å². The molecule has 0 saturated heterocycles. The summed E-state index contributed by atoms with van der Waals surface area (Å²) in [6.45, 7) is 5.69. The van der Waals surface area contributed by atoms with E-state index in [-0.39, 0.29) is 17.2 Å². The molecule has 0 radical (unpaired) electrons. The third kappa shape index (κ3) is 6.03. The van der Waals surface area contributed by atoms with Gasteiger partial charge >= 0.3 is 0 Å². The van der Waals surface area contributed by atoms with Gasteiger partial charge in [-0.2, -0.15) is 5.10 Å². The highest BCUT2D eigenvalue weighted by Crippen LogP contribution is 2.26. The number of nitrogens with one attached hydrogen (secondary N) is 2. The number of aromatic hydroxyl groups is 1. The van der Waals surface area contributed by atoms with Gasteiger partial charge in [-0.05, 0) is 48.7 Å². The molecule has 3 N–H and O–H groups in total. The SMILES string of the molecule is CCOc1cc(/C=N/NC(=O)C(NC(=O)c2ccccc2F)C(C)C)ccc1O. The van der Waals surface area contributed by atoms with E-state index in [9.17, 15) is 19.1 Å². The van der Waals surface area contributed by atoms with Crippen molar-refractivity contribution in [2.24, 2.45) is 11.0 Å². The first-order valence-corrected chi connectivity index (χ1v) is 9.17. The number of hydrogen-bond acceptors (Lipinski definition) is 5. The molecule has 0 aliphatic rings. The minimum Gasteiger partial charge on any atom is -0.504 e. The van der Waals surface area contributed by atoms with Crippen LogP contribution in [0.15, 0.2) is 47.6 Å². The fourth-order valence-electron chi connectivity index (χ4n) is 2.52. The zero-order chi connectivity index (χ0) is 21.4. The Kier molecular flexibility index (Phi) is 7.70. The molecule has 0 saturated carbocycles. The van der Waals surface area contributed by atoms with E-state index in [1.165, 1.54) is 30.5 Å². The second-order valence-electron chi connectivity index (χ2n) is 6.57. The molecule has 154 valence electrons. The molecule has 1 atom stereocenters. The summed E-state index contributed by atoms with van der Waals surface area (Å²) in [5.41, 5.74) is 2.83. The van der Waals surface area contributed by atoms with Crippen molar-refractivity contribution in [2.75, 3.05) is 6.61 Å². The molecule has 0 heterocycles. The number of nitrogens with zero attached hydrogens (tertiary/aromatic N) is 1. The van der Waals surface area contributed by atoms with Gasteiger partial charge in [0.15, 0.2) is 11.5 Å². The molecule has 2 rings (SSSR count). The Morgan fingerprint density at radius 3 is 2.62 bits per heavy atom. The van der Waals surface area contributed by atoms with Gasteiger partial charge in [0.25, 0.3) is 11.8 Å². The summed E-state index contributed by atoms with van der Waals surface area (Å²) in [7, 11) is 0. The lowest BCUT2D eigenvalue weighted by atomic mass is 10.0. The molecule has 8 heteroatoms. The Morgan fingerprint density at radius 2 is 1.97 bits per heavy atom. The van der Waals surface area contributed by atoms with Crippen molar-refractivity contribution in [3.05, 3.63) is 59.4 Å². The maximum Gasteiger partial charge on any atom is 0.262 e. The maximum absolute atomic E-state index is 13.8. The van der Waals surface area contributed by atoms with Crippen LogP contribution >= 0.6 is 0 Å². The summed E-state index contributed by atoms with van der Waals surface area (Å²) in [5, 5.41) is 16.1. The molecular formula is C21H24FN3O4. The van der Waals surface area contributed by atoms with Crippen LogP contribution in [0.4, 0.5) is 4.39 Å². The van der Waals surface area contributed by atoms with Crippen LogP contribution in [0.2, 0.25) is 0 Å². The van der Waals surface area contributed by atoms with Crippen molar-refractivity contribution in [3.8, 4) is 11.5 Å². The second-order valence-corrected chi connectivity index (χ2v) is 6.57. The first kappa shape index (κ1) is 21.9. The average molecular weight is 401 g/mol. The van der Waals surface area contributed by atoms with Crippen LogP contribution in [0.25, 0.3) is 0 Å². The van der Waals surface area contributed by atoms with Crippen molar-refractivity contribution in [1.29, 1.82) is 0 Å². The number of ether oxygens (including phenoxy) is 1. The summed E-state index contributed by atoms with van der Waals surface area (Å²) >= 11 is 0. The van der Waals surface area contributed by atoms with E-state index in [2.05, 4.69) is 15.8 Å². The van der Waals surface area contributed by atoms with Crippen LogP contribution in [-0.4, -0.2) is 35.8 Å². The Morgan fingerprint density at radius 1 is 1.24 bits per heavy atom. The smallest absolute Gasteiger partial charge is 0.262 e. The van der Waals surface area contributed by atoms with Crippen LogP contribution in [0.5, 0.6) is 11.5 Å². The number of rotatable bonds is 8. The lowest BCUT2D eigenvalue weighted by Crippen LogP contribution is -2.48. The number of carbonyl (C=O) groups excluding carboxylic acids is 2.